The van der Waals surface area contributed by atoms with Gasteiger partial charge in [0.25, 0.3) is 5.91 Å². The summed E-state index contributed by atoms with van der Waals surface area (Å²) in [6, 6.07) is 15.1. The quantitative estimate of drug-likeness (QED) is 0.0609. The molecule has 0 atom stereocenters. The first-order valence-corrected chi connectivity index (χ1v) is 15.9. The van der Waals surface area contributed by atoms with E-state index in [1.165, 1.54) is 12.1 Å². The molecular weight excluding hydrogens is 703 g/mol. The molecule has 3 amide bonds. The average Bonchev–Trinajstić information content (AvgIpc) is 3.85. The van der Waals surface area contributed by atoms with E-state index >= 15 is 0 Å². The molecule has 0 bridgehead atoms. The Hall–Kier alpha value is -5.58. The molecule has 18 heteroatoms. The van der Waals surface area contributed by atoms with Crippen molar-refractivity contribution >= 4 is 52.6 Å². The lowest BCUT2D eigenvalue weighted by Gasteiger charge is -2.19. The Kier molecular flexibility index (Phi) is 11.5. The number of aromatic nitrogens is 3. The highest BCUT2D eigenvalue weighted by Gasteiger charge is 2.45. The zero-order valence-corrected chi connectivity index (χ0v) is 27.3. The summed E-state index contributed by atoms with van der Waals surface area (Å²) in [5.74, 6) is -4.38. The lowest BCUT2D eigenvalue weighted by Crippen LogP contribution is -2.36. The summed E-state index contributed by atoms with van der Waals surface area (Å²) < 4.78 is 70.0. The van der Waals surface area contributed by atoms with Gasteiger partial charge in [0.1, 0.15) is 11.6 Å². The smallest absolute Gasteiger partial charge is 0.422 e. The highest BCUT2D eigenvalue weighted by molar-refractivity contribution is 6.39. The van der Waals surface area contributed by atoms with Crippen molar-refractivity contribution in [1.82, 2.24) is 25.6 Å². The zero-order chi connectivity index (χ0) is 36.6. The number of nitrogens with one attached hydrogen (secondary N) is 5. The van der Waals surface area contributed by atoms with Crippen LogP contribution in [0.25, 0.3) is 0 Å². The van der Waals surface area contributed by atoms with Crippen LogP contribution in [0.4, 0.5) is 45.2 Å². The molecule has 0 saturated heterocycles. The number of amides is 3. The molecule has 0 spiro atoms. The largest absolute Gasteiger partial charge is 0.454 e. The van der Waals surface area contributed by atoms with Gasteiger partial charge in [-0.3, -0.25) is 14.4 Å². The molecule has 12 nitrogen and oxygen atoms in total. The van der Waals surface area contributed by atoms with E-state index in [9.17, 15) is 36.3 Å². The predicted octanol–water partition coefficient (Wildman–Crippen LogP) is 5.85. The Morgan fingerprint density at radius 1 is 0.784 bits per heavy atom. The Balaban J connectivity index is 1.10. The Morgan fingerprint density at radius 3 is 2.04 bits per heavy atom. The molecule has 3 aromatic carbocycles. The monoisotopic (exact) mass is 732 g/mol. The first-order valence-electron chi connectivity index (χ1n) is 15.5. The van der Waals surface area contributed by atoms with E-state index in [-0.39, 0.29) is 30.7 Å². The van der Waals surface area contributed by atoms with Gasteiger partial charge in [-0.05, 0) is 79.8 Å². The summed E-state index contributed by atoms with van der Waals surface area (Å²) in [4.78, 5) is 48.8. The molecule has 0 radical (unpaired) electrons. The van der Waals surface area contributed by atoms with Crippen LogP contribution < -0.4 is 31.3 Å². The first kappa shape index (κ1) is 36.7. The standard InChI is InChI=1S/C33H30ClF5N8O4/c34-21-7-5-20(6-8-21)32(11-12-32)47-30-44-29(45-31(46-30)51-18-33(37,38)39)43-24-9-3-19(4-10-24)26(48)40-13-1-2-14-41-27(49)28(50)42-25-16-22(35)15-23(36)17-25/h3-10,15-17H,1-2,11-14,18H2,(H,40,48)(H,41,49)(H,42,50)(H2,43,44,45,46,47). The average molecular weight is 733 g/mol. The van der Waals surface area contributed by atoms with E-state index in [2.05, 4.69) is 41.5 Å². The van der Waals surface area contributed by atoms with Crippen molar-refractivity contribution in [2.24, 2.45) is 0 Å². The summed E-state index contributed by atoms with van der Waals surface area (Å²) in [5.41, 5.74) is 0.908. The number of hydrogen-bond donors (Lipinski definition) is 5. The third-order valence-corrected chi connectivity index (χ3v) is 7.63. The molecule has 1 aromatic heterocycles. The highest BCUT2D eigenvalue weighted by atomic mass is 35.5. The molecule has 5 rings (SSSR count). The van der Waals surface area contributed by atoms with E-state index in [1.54, 1.807) is 24.3 Å². The SMILES string of the molecule is O=C(NCCCCNC(=O)c1ccc(Nc2nc(NC3(c4ccc(Cl)cc4)CC3)nc(OCC(F)(F)F)n2)cc1)C(=O)Nc1cc(F)cc(F)c1. The summed E-state index contributed by atoms with van der Waals surface area (Å²) in [6.45, 7) is -1.24. The fourth-order valence-corrected chi connectivity index (χ4v) is 4.88. The molecule has 268 valence electrons. The van der Waals surface area contributed by atoms with Crippen LogP contribution in [-0.4, -0.2) is 58.5 Å². The molecule has 1 aliphatic rings. The Labute approximate surface area is 292 Å². The maximum Gasteiger partial charge on any atom is 0.422 e. The van der Waals surface area contributed by atoms with Crippen LogP contribution in [-0.2, 0) is 15.1 Å². The number of rotatable bonds is 14. The van der Waals surface area contributed by atoms with Gasteiger partial charge < -0.3 is 31.3 Å². The van der Waals surface area contributed by atoms with Gasteiger partial charge >= 0.3 is 24.0 Å². The number of carbonyl (C=O) groups excluding carboxylic acids is 3. The second-order valence-electron chi connectivity index (χ2n) is 11.4. The zero-order valence-electron chi connectivity index (χ0n) is 26.5. The van der Waals surface area contributed by atoms with Gasteiger partial charge in [0.05, 0.1) is 5.54 Å². The first-order chi connectivity index (χ1) is 24.3. The van der Waals surface area contributed by atoms with Crippen LogP contribution in [0.2, 0.25) is 5.02 Å². The number of alkyl halides is 3. The maximum atomic E-state index is 13.3. The van der Waals surface area contributed by atoms with Crippen LogP contribution in [0.1, 0.15) is 41.6 Å². The number of nitrogens with zero attached hydrogens (tertiary/aromatic N) is 3. The third-order valence-electron chi connectivity index (χ3n) is 7.38. The normalized spacial score (nSPS) is 13.1. The Bertz CT molecular complexity index is 1860. The molecule has 0 unspecified atom stereocenters. The van der Waals surface area contributed by atoms with Crippen LogP contribution in [0, 0.1) is 11.6 Å². The van der Waals surface area contributed by atoms with Gasteiger partial charge in [-0.15, -0.1) is 0 Å². The van der Waals surface area contributed by atoms with Gasteiger partial charge in [0.2, 0.25) is 11.9 Å². The summed E-state index contributed by atoms with van der Waals surface area (Å²) in [7, 11) is 0. The van der Waals surface area contributed by atoms with Crippen molar-refractivity contribution in [1.29, 1.82) is 0 Å². The molecule has 1 saturated carbocycles. The lowest BCUT2D eigenvalue weighted by atomic mass is 10.1. The molecule has 1 aliphatic carbocycles. The van der Waals surface area contributed by atoms with Gasteiger partial charge in [0.15, 0.2) is 6.61 Å². The minimum Gasteiger partial charge on any atom is -0.454 e. The van der Waals surface area contributed by atoms with E-state index in [1.807, 2.05) is 12.1 Å². The van der Waals surface area contributed by atoms with Crippen molar-refractivity contribution < 1.29 is 41.1 Å². The van der Waals surface area contributed by atoms with Crippen LogP contribution in [0.5, 0.6) is 6.01 Å². The van der Waals surface area contributed by atoms with Gasteiger partial charge in [-0.2, -0.15) is 28.1 Å². The highest BCUT2D eigenvalue weighted by Crippen LogP contribution is 2.48. The molecule has 4 aromatic rings. The second-order valence-corrected chi connectivity index (χ2v) is 11.9. The number of anilines is 4. The van der Waals surface area contributed by atoms with Gasteiger partial charge in [-0.1, -0.05) is 23.7 Å². The minimum atomic E-state index is -4.62. The van der Waals surface area contributed by atoms with Gasteiger partial charge in [0, 0.05) is 41.1 Å². The van der Waals surface area contributed by atoms with Crippen LogP contribution in [0.3, 0.4) is 0 Å². The summed E-state index contributed by atoms with van der Waals surface area (Å²) >= 11 is 6.01. The number of halogens is 6. The van der Waals surface area contributed by atoms with Crippen LogP contribution in [0.15, 0.2) is 66.7 Å². The number of hydrogen-bond acceptors (Lipinski definition) is 9. The fraction of sp³-hybridized carbons (Fsp3) is 0.273. The van der Waals surface area contributed by atoms with Crippen molar-refractivity contribution in [3.05, 3.63) is 94.5 Å². The predicted molar refractivity (Wildman–Crippen MR) is 177 cm³/mol. The molecule has 0 aliphatic heterocycles. The third kappa shape index (κ3) is 11.0. The second kappa shape index (κ2) is 16.0. The molecule has 51 heavy (non-hydrogen) atoms. The number of unbranched alkanes of at least 4 members (excludes halogenated alkanes) is 1. The van der Waals surface area contributed by atoms with E-state index < -0.39 is 53.7 Å². The molecular formula is C33H30ClF5N8O4. The maximum absolute atomic E-state index is 13.3. The number of carbonyl (C=O) groups is 3. The lowest BCUT2D eigenvalue weighted by molar-refractivity contribution is -0.154. The molecule has 5 N–H and O–H groups in total. The number of benzene rings is 3. The van der Waals surface area contributed by atoms with Crippen LogP contribution >= 0.6 is 11.6 Å². The van der Waals surface area contributed by atoms with E-state index in [4.69, 9.17) is 16.3 Å². The summed E-state index contributed by atoms with van der Waals surface area (Å²) in [6.07, 6.45) is -2.30. The van der Waals surface area contributed by atoms with E-state index in [0.29, 0.717) is 35.2 Å². The fourth-order valence-electron chi connectivity index (χ4n) is 4.76. The van der Waals surface area contributed by atoms with Crippen molar-refractivity contribution in [3.63, 3.8) is 0 Å². The van der Waals surface area contributed by atoms with Crippen molar-refractivity contribution in [2.75, 3.05) is 35.6 Å². The van der Waals surface area contributed by atoms with E-state index in [0.717, 1.165) is 30.5 Å². The molecule has 1 heterocycles. The molecule has 1 fully saturated rings. The van der Waals surface area contributed by atoms with Gasteiger partial charge in [-0.25, -0.2) is 8.78 Å². The number of ether oxygens (including phenoxy) is 1. The van der Waals surface area contributed by atoms with Crippen molar-refractivity contribution in [3.8, 4) is 6.01 Å². The van der Waals surface area contributed by atoms with Crippen molar-refractivity contribution in [2.45, 2.75) is 37.4 Å². The minimum absolute atomic E-state index is 0.00323. The Morgan fingerprint density at radius 2 is 1.41 bits per heavy atom. The summed E-state index contributed by atoms with van der Waals surface area (Å²) in [5, 5.41) is 13.9. The topological polar surface area (TPSA) is 159 Å².